The van der Waals surface area contributed by atoms with Crippen LogP contribution >= 0.6 is 0 Å². The minimum absolute atomic E-state index is 0.239. The van der Waals surface area contributed by atoms with E-state index in [0.717, 1.165) is 23.1 Å². The largest absolute Gasteiger partial charge is 0.490 e. The van der Waals surface area contributed by atoms with Crippen molar-refractivity contribution in [2.24, 2.45) is 0 Å². The number of nitrogens with zero attached hydrogens (tertiary/aromatic N) is 2. The van der Waals surface area contributed by atoms with Gasteiger partial charge in [0.25, 0.3) is 5.89 Å². The standard InChI is InChI=1S/C23H22N2O5/c1-15-4-8-18(9-5-15)23-25-24-22(30-23)16(2)29-21(26)11-7-17-6-10-19-20(14-17)28-13-3-12-27-19/h4-11,14,16H,3,12-13H2,1-2H3/b11-7+/t16-/m1/s1. The molecule has 0 unspecified atom stereocenters. The third-order valence-corrected chi connectivity index (χ3v) is 4.56. The van der Waals surface area contributed by atoms with Crippen LogP contribution in [0.15, 0.2) is 53.0 Å². The molecular formula is C23H22N2O5. The lowest BCUT2D eigenvalue weighted by Crippen LogP contribution is -2.06. The lowest BCUT2D eigenvalue weighted by atomic mass is 10.1. The summed E-state index contributed by atoms with van der Waals surface area (Å²) in [6.45, 7) is 4.93. The second-order valence-electron chi connectivity index (χ2n) is 6.98. The van der Waals surface area contributed by atoms with Gasteiger partial charge in [0.05, 0.1) is 13.2 Å². The van der Waals surface area contributed by atoms with Crippen molar-refractivity contribution in [3.63, 3.8) is 0 Å². The molecule has 7 heteroatoms. The molecule has 1 aliphatic rings. The molecule has 0 N–H and O–H groups in total. The van der Waals surface area contributed by atoms with E-state index in [4.69, 9.17) is 18.6 Å². The van der Waals surface area contributed by atoms with E-state index in [-0.39, 0.29) is 5.89 Å². The number of carbonyl (C=O) groups is 1. The molecule has 30 heavy (non-hydrogen) atoms. The second-order valence-corrected chi connectivity index (χ2v) is 6.98. The van der Waals surface area contributed by atoms with Crippen LogP contribution in [0.1, 0.15) is 36.5 Å². The van der Waals surface area contributed by atoms with E-state index in [9.17, 15) is 4.79 Å². The highest BCUT2D eigenvalue weighted by molar-refractivity contribution is 5.87. The Morgan fingerprint density at radius 2 is 1.83 bits per heavy atom. The van der Waals surface area contributed by atoms with Gasteiger partial charge < -0.3 is 18.6 Å². The van der Waals surface area contributed by atoms with Crippen molar-refractivity contribution in [1.29, 1.82) is 0 Å². The highest BCUT2D eigenvalue weighted by atomic mass is 16.6. The van der Waals surface area contributed by atoms with Crippen LogP contribution in [0, 0.1) is 6.92 Å². The van der Waals surface area contributed by atoms with Gasteiger partial charge in [0.2, 0.25) is 5.89 Å². The van der Waals surface area contributed by atoms with Gasteiger partial charge >= 0.3 is 5.97 Å². The van der Waals surface area contributed by atoms with E-state index in [1.54, 1.807) is 13.0 Å². The summed E-state index contributed by atoms with van der Waals surface area (Å²) in [5.74, 6) is 1.50. The van der Waals surface area contributed by atoms with Crippen LogP contribution < -0.4 is 9.47 Å². The van der Waals surface area contributed by atoms with E-state index in [1.165, 1.54) is 6.08 Å². The van der Waals surface area contributed by atoms with E-state index in [1.807, 2.05) is 49.4 Å². The number of hydrogen-bond acceptors (Lipinski definition) is 7. The quantitative estimate of drug-likeness (QED) is 0.455. The lowest BCUT2D eigenvalue weighted by molar-refractivity contribution is -0.143. The summed E-state index contributed by atoms with van der Waals surface area (Å²) in [7, 11) is 0. The number of ether oxygens (including phenoxy) is 3. The first-order chi connectivity index (χ1) is 14.6. The number of carbonyl (C=O) groups excluding carboxylic acids is 1. The molecule has 2 aromatic carbocycles. The average Bonchev–Trinajstić information content (AvgIpc) is 3.12. The Balaban J connectivity index is 1.38. The predicted octanol–water partition coefficient (Wildman–Crippen LogP) is 4.52. The Morgan fingerprint density at radius 3 is 2.63 bits per heavy atom. The maximum Gasteiger partial charge on any atom is 0.331 e. The molecule has 0 aliphatic carbocycles. The third-order valence-electron chi connectivity index (χ3n) is 4.56. The van der Waals surface area contributed by atoms with Gasteiger partial charge in [0, 0.05) is 18.1 Å². The van der Waals surface area contributed by atoms with Crippen LogP contribution in [0.25, 0.3) is 17.5 Å². The van der Waals surface area contributed by atoms with E-state index >= 15 is 0 Å². The number of hydrogen-bond donors (Lipinski definition) is 0. The van der Waals surface area contributed by atoms with Gasteiger partial charge in [-0.25, -0.2) is 4.79 Å². The zero-order chi connectivity index (χ0) is 20.9. The van der Waals surface area contributed by atoms with Gasteiger partial charge in [-0.1, -0.05) is 23.8 Å². The van der Waals surface area contributed by atoms with E-state index < -0.39 is 12.1 Å². The van der Waals surface area contributed by atoms with Crippen LogP contribution in [0.2, 0.25) is 0 Å². The third kappa shape index (κ3) is 4.68. The van der Waals surface area contributed by atoms with Gasteiger partial charge in [-0.3, -0.25) is 0 Å². The van der Waals surface area contributed by atoms with Crippen molar-refractivity contribution in [3.8, 4) is 23.0 Å². The SMILES string of the molecule is Cc1ccc(-c2nnc([C@@H](C)OC(=O)/C=C/c3ccc4c(c3)OCCCO4)o2)cc1. The molecule has 2 heterocycles. The number of fused-ring (bicyclic) bond motifs is 1. The number of aromatic nitrogens is 2. The highest BCUT2D eigenvalue weighted by Gasteiger charge is 2.18. The number of aryl methyl sites for hydroxylation is 1. The van der Waals surface area contributed by atoms with Crippen LogP contribution in [-0.2, 0) is 9.53 Å². The zero-order valence-electron chi connectivity index (χ0n) is 16.8. The Morgan fingerprint density at radius 1 is 1.07 bits per heavy atom. The van der Waals surface area contributed by atoms with Crippen molar-refractivity contribution >= 4 is 12.0 Å². The van der Waals surface area contributed by atoms with E-state index in [0.29, 0.717) is 30.6 Å². The van der Waals surface area contributed by atoms with Crippen molar-refractivity contribution < 1.29 is 23.4 Å². The molecule has 0 spiro atoms. The maximum atomic E-state index is 12.2. The van der Waals surface area contributed by atoms with Gasteiger partial charge in [-0.15, -0.1) is 10.2 Å². The molecule has 3 aromatic rings. The molecule has 7 nitrogen and oxygen atoms in total. The normalized spacial score (nSPS) is 14.3. The predicted molar refractivity (Wildman–Crippen MR) is 110 cm³/mol. The van der Waals surface area contributed by atoms with Gasteiger partial charge in [-0.2, -0.15) is 0 Å². The first-order valence-corrected chi connectivity index (χ1v) is 9.77. The summed E-state index contributed by atoms with van der Waals surface area (Å²) in [5, 5.41) is 8.03. The first-order valence-electron chi connectivity index (χ1n) is 9.77. The average molecular weight is 406 g/mol. The minimum atomic E-state index is -0.669. The molecule has 1 aromatic heterocycles. The van der Waals surface area contributed by atoms with E-state index in [2.05, 4.69) is 10.2 Å². The summed E-state index contributed by atoms with van der Waals surface area (Å²) >= 11 is 0. The Hall–Kier alpha value is -3.61. The van der Waals surface area contributed by atoms with Gasteiger partial charge in [0.15, 0.2) is 17.6 Å². The minimum Gasteiger partial charge on any atom is -0.490 e. The zero-order valence-corrected chi connectivity index (χ0v) is 16.8. The van der Waals surface area contributed by atoms with Crippen molar-refractivity contribution in [2.75, 3.05) is 13.2 Å². The second kappa shape index (κ2) is 8.82. The Bertz CT molecular complexity index is 1060. The lowest BCUT2D eigenvalue weighted by Gasteiger charge is -2.08. The highest BCUT2D eigenvalue weighted by Crippen LogP contribution is 2.31. The monoisotopic (exact) mass is 406 g/mol. The first kappa shape index (κ1) is 19.7. The molecule has 0 saturated carbocycles. The smallest absolute Gasteiger partial charge is 0.331 e. The van der Waals surface area contributed by atoms with Crippen molar-refractivity contribution in [3.05, 3.63) is 65.6 Å². The molecule has 0 amide bonds. The molecule has 0 radical (unpaired) electrons. The van der Waals surface area contributed by atoms with Crippen LogP contribution in [0.3, 0.4) is 0 Å². The molecule has 1 aliphatic heterocycles. The molecule has 0 saturated heterocycles. The number of esters is 1. The van der Waals surface area contributed by atoms with Gasteiger partial charge in [-0.05, 0) is 49.8 Å². The van der Waals surface area contributed by atoms with Crippen LogP contribution in [0.4, 0.5) is 0 Å². The summed E-state index contributed by atoms with van der Waals surface area (Å²) in [6.07, 6.45) is 3.19. The maximum absolute atomic E-state index is 12.2. The fraction of sp³-hybridized carbons (Fsp3) is 0.261. The van der Waals surface area contributed by atoms with Gasteiger partial charge in [0.1, 0.15) is 0 Å². The van der Waals surface area contributed by atoms with Crippen molar-refractivity contribution in [2.45, 2.75) is 26.4 Å². The summed E-state index contributed by atoms with van der Waals surface area (Å²) < 4.78 is 22.3. The fourth-order valence-electron chi connectivity index (χ4n) is 2.92. The Labute approximate surface area is 174 Å². The topological polar surface area (TPSA) is 83.7 Å². The summed E-state index contributed by atoms with van der Waals surface area (Å²) in [6, 6.07) is 13.3. The molecule has 0 fully saturated rings. The molecule has 0 bridgehead atoms. The molecular weight excluding hydrogens is 384 g/mol. The van der Waals surface area contributed by atoms with Crippen molar-refractivity contribution in [1.82, 2.24) is 10.2 Å². The number of rotatable bonds is 5. The summed E-state index contributed by atoms with van der Waals surface area (Å²) in [5.41, 5.74) is 2.76. The van der Waals surface area contributed by atoms with Crippen LogP contribution in [-0.4, -0.2) is 29.4 Å². The molecule has 1 atom stereocenters. The Kier molecular flexibility index (Phi) is 5.79. The summed E-state index contributed by atoms with van der Waals surface area (Å²) in [4.78, 5) is 12.2. The number of benzene rings is 2. The van der Waals surface area contributed by atoms with Crippen LogP contribution in [0.5, 0.6) is 11.5 Å². The fourth-order valence-corrected chi connectivity index (χ4v) is 2.92. The molecule has 4 rings (SSSR count). The molecule has 154 valence electrons.